The van der Waals surface area contributed by atoms with E-state index in [9.17, 15) is 18.1 Å². The molecule has 0 fully saturated rings. The van der Waals surface area contributed by atoms with Gasteiger partial charge >= 0.3 is 0 Å². The molecule has 2 unspecified atom stereocenters. The summed E-state index contributed by atoms with van der Waals surface area (Å²) in [6.45, 7) is 4.28. The van der Waals surface area contributed by atoms with Gasteiger partial charge in [0.05, 0.1) is 11.4 Å². The van der Waals surface area contributed by atoms with Gasteiger partial charge in [0.1, 0.15) is 0 Å². The summed E-state index contributed by atoms with van der Waals surface area (Å²) in [5.41, 5.74) is 0. The molecule has 28 heavy (non-hydrogen) atoms. The van der Waals surface area contributed by atoms with Crippen LogP contribution in [0.4, 0.5) is 0 Å². The van der Waals surface area contributed by atoms with Gasteiger partial charge in [-0.1, -0.05) is 104 Å². The van der Waals surface area contributed by atoms with Crippen LogP contribution >= 0.6 is 0 Å². The van der Waals surface area contributed by atoms with Gasteiger partial charge < -0.3 is 5.11 Å². The Hall–Kier alpha value is -0.130. The molecule has 0 aliphatic rings. The largest absolute Gasteiger partial charge is 0.393 e. The third kappa shape index (κ3) is 17.9. The van der Waals surface area contributed by atoms with Gasteiger partial charge in [-0.2, -0.15) is 8.42 Å². The first-order valence-electron chi connectivity index (χ1n) is 12.1. The predicted octanol–water partition coefficient (Wildman–Crippen LogP) is 7.06. The first-order chi connectivity index (χ1) is 13.4. The van der Waals surface area contributed by atoms with E-state index in [4.69, 9.17) is 0 Å². The fraction of sp³-hybridized carbons (Fsp3) is 1.00. The Bertz CT molecular complexity index is 422. The third-order valence-electron chi connectivity index (χ3n) is 5.74. The lowest BCUT2D eigenvalue weighted by atomic mass is 10.0. The van der Waals surface area contributed by atoms with E-state index in [0.29, 0.717) is 25.7 Å². The van der Waals surface area contributed by atoms with E-state index in [-0.39, 0.29) is 6.10 Å². The molecule has 0 aliphatic heterocycles. The zero-order valence-electron chi connectivity index (χ0n) is 18.7. The average molecular weight is 421 g/mol. The molecule has 0 saturated carbocycles. The number of hydrogen-bond acceptors (Lipinski definition) is 3. The molecular weight excluding hydrogens is 372 g/mol. The van der Waals surface area contributed by atoms with Crippen molar-refractivity contribution in [3.05, 3.63) is 0 Å². The second-order valence-electron chi connectivity index (χ2n) is 8.54. The number of rotatable bonds is 21. The minimum absolute atomic E-state index is 0.344. The highest BCUT2D eigenvalue weighted by Crippen LogP contribution is 2.19. The van der Waals surface area contributed by atoms with Crippen molar-refractivity contribution in [2.45, 2.75) is 147 Å². The van der Waals surface area contributed by atoms with Crippen molar-refractivity contribution in [3.63, 3.8) is 0 Å². The number of aliphatic hydroxyl groups excluding tert-OH is 1. The minimum Gasteiger partial charge on any atom is -0.393 e. The Morgan fingerprint density at radius 3 is 1.43 bits per heavy atom. The first kappa shape index (κ1) is 27.9. The molecule has 0 aliphatic carbocycles. The van der Waals surface area contributed by atoms with Crippen molar-refractivity contribution in [1.82, 2.24) is 0 Å². The minimum atomic E-state index is -3.97. The van der Waals surface area contributed by atoms with Gasteiger partial charge in [-0.05, 0) is 32.1 Å². The molecule has 2 N–H and O–H groups in total. The van der Waals surface area contributed by atoms with E-state index in [0.717, 1.165) is 32.1 Å². The Morgan fingerprint density at radius 1 is 0.571 bits per heavy atom. The Labute approximate surface area is 175 Å². The summed E-state index contributed by atoms with van der Waals surface area (Å²) in [7, 11) is -3.97. The van der Waals surface area contributed by atoms with Gasteiger partial charge in [0.2, 0.25) is 0 Å². The molecule has 4 nitrogen and oxygen atoms in total. The molecule has 2 atom stereocenters. The van der Waals surface area contributed by atoms with E-state index >= 15 is 0 Å². The summed E-state index contributed by atoms with van der Waals surface area (Å²) in [4.78, 5) is 0. The van der Waals surface area contributed by atoms with Crippen LogP contribution in [0.3, 0.4) is 0 Å². The van der Waals surface area contributed by atoms with E-state index in [1.165, 1.54) is 64.2 Å². The standard InChI is InChI=1S/C23H48O4S/c1-3-5-6-7-8-9-10-11-12-13-14-15-16-20-23(28(25,26)27)21-17-19-22(24)18-4-2/h22-24H,3-21H2,1-2H3,(H,25,26,27). The van der Waals surface area contributed by atoms with Gasteiger partial charge in [-0.25, -0.2) is 0 Å². The highest BCUT2D eigenvalue weighted by molar-refractivity contribution is 7.86. The SMILES string of the molecule is CCCCCCCCCCCCCCCC(CCCC(O)CCC)S(=O)(=O)O. The number of aliphatic hydroxyl groups is 1. The summed E-state index contributed by atoms with van der Waals surface area (Å²) in [6, 6.07) is 0. The quantitative estimate of drug-likeness (QED) is 0.154. The zero-order valence-corrected chi connectivity index (χ0v) is 19.5. The van der Waals surface area contributed by atoms with Gasteiger partial charge in [0.15, 0.2) is 0 Å². The second-order valence-corrected chi connectivity index (χ2v) is 10.2. The average Bonchev–Trinajstić information content (AvgIpc) is 2.63. The maximum atomic E-state index is 11.6. The molecule has 0 rings (SSSR count). The fourth-order valence-corrected chi connectivity index (χ4v) is 4.82. The maximum Gasteiger partial charge on any atom is 0.267 e. The molecule has 0 aromatic heterocycles. The van der Waals surface area contributed by atoms with Crippen LogP contribution in [-0.4, -0.2) is 29.4 Å². The van der Waals surface area contributed by atoms with Gasteiger partial charge in [0.25, 0.3) is 10.1 Å². The van der Waals surface area contributed by atoms with Gasteiger partial charge in [0, 0.05) is 0 Å². The molecule has 0 aromatic carbocycles. The van der Waals surface area contributed by atoms with E-state index in [2.05, 4.69) is 6.92 Å². The van der Waals surface area contributed by atoms with Crippen molar-refractivity contribution in [2.24, 2.45) is 0 Å². The highest BCUT2D eigenvalue weighted by atomic mass is 32.2. The van der Waals surface area contributed by atoms with Crippen LogP contribution in [0.2, 0.25) is 0 Å². The lowest BCUT2D eigenvalue weighted by Crippen LogP contribution is -2.21. The summed E-state index contributed by atoms with van der Waals surface area (Å²) in [5, 5.41) is 9.09. The zero-order chi connectivity index (χ0) is 21.1. The van der Waals surface area contributed by atoms with Crippen molar-refractivity contribution in [2.75, 3.05) is 0 Å². The lowest BCUT2D eigenvalue weighted by molar-refractivity contribution is 0.150. The van der Waals surface area contributed by atoms with Crippen molar-refractivity contribution >= 4 is 10.1 Å². The van der Waals surface area contributed by atoms with Crippen molar-refractivity contribution in [1.29, 1.82) is 0 Å². The Morgan fingerprint density at radius 2 is 1.00 bits per heavy atom. The third-order valence-corrected chi connectivity index (χ3v) is 7.05. The predicted molar refractivity (Wildman–Crippen MR) is 120 cm³/mol. The van der Waals surface area contributed by atoms with Gasteiger partial charge in [-0.3, -0.25) is 4.55 Å². The van der Waals surface area contributed by atoms with Crippen LogP contribution in [-0.2, 0) is 10.1 Å². The number of unbranched alkanes of at least 4 members (excludes halogenated alkanes) is 12. The van der Waals surface area contributed by atoms with Crippen LogP contribution in [0.5, 0.6) is 0 Å². The molecule has 170 valence electrons. The fourth-order valence-electron chi connectivity index (χ4n) is 3.89. The molecule has 0 radical (unpaired) electrons. The molecular formula is C23H48O4S. The molecule has 5 heteroatoms. The molecule has 0 heterocycles. The normalized spacial score (nSPS) is 14.3. The summed E-state index contributed by atoms with van der Waals surface area (Å²) >= 11 is 0. The van der Waals surface area contributed by atoms with Crippen LogP contribution in [0.15, 0.2) is 0 Å². The van der Waals surface area contributed by atoms with Crippen LogP contribution in [0.1, 0.15) is 136 Å². The molecule has 0 bridgehead atoms. The summed E-state index contributed by atoms with van der Waals surface area (Å²) in [5.74, 6) is 0. The first-order valence-corrected chi connectivity index (χ1v) is 13.6. The van der Waals surface area contributed by atoms with E-state index < -0.39 is 15.4 Å². The number of hydrogen-bond donors (Lipinski definition) is 2. The Balaban J connectivity index is 3.65. The maximum absolute atomic E-state index is 11.6. The smallest absolute Gasteiger partial charge is 0.267 e. The molecule has 0 spiro atoms. The van der Waals surface area contributed by atoms with Crippen molar-refractivity contribution in [3.8, 4) is 0 Å². The van der Waals surface area contributed by atoms with Gasteiger partial charge in [-0.15, -0.1) is 0 Å². The Kier molecular flexibility index (Phi) is 18.8. The monoisotopic (exact) mass is 420 g/mol. The van der Waals surface area contributed by atoms with Crippen LogP contribution in [0.25, 0.3) is 0 Å². The molecule has 0 saturated heterocycles. The van der Waals surface area contributed by atoms with E-state index in [1.54, 1.807) is 0 Å². The second kappa shape index (κ2) is 18.9. The highest BCUT2D eigenvalue weighted by Gasteiger charge is 2.22. The summed E-state index contributed by atoms with van der Waals surface area (Å²) in [6.07, 6.45) is 20.1. The molecule has 0 amide bonds. The van der Waals surface area contributed by atoms with Crippen molar-refractivity contribution < 1.29 is 18.1 Å². The molecule has 0 aromatic rings. The summed E-state index contributed by atoms with van der Waals surface area (Å²) < 4.78 is 32.6. The lowest BCUT2D eigenvalue weighted by Gasteiger charge is -2.15. The topological polar surface area (TPSA) is 74.6 Å². The van der Waals surface area contributed by atoms with Crippen LogP contribution in [0, 0.1) is 0 Å². The van der Waals surface area contributed by atoms with E-state index in [1.807, 2.05) is 6.92 Å². The van der Waals surface area contributed by atoms with Crippen LogP contribution < -0.4 is 0 Å².